The van der Waals surface area contributed by atoms with Crippen LogP contribution in [0, 0.1) is 5.92 Å². The number of aliphatic hydroxyl groups is 1. The molecule has 1 aromatic carbocycles. The molecule has 2 heterocycles. The minimum absolute atomic E-state index is 0.0813. The van der Waals surface area contributed by atoms with Crippen LogP contribution < -0.4 is 0 Å². The molecule has 0 spiro atoms. The zero-order chi connectivity index (χ0) is 12.5. The number of carbonyl (C=O) groups excluding carboxylic acids is 1. The Morgan fingerprint density at radius 3 is 3.00 bits per heavy atom. The van der Waals surface area contributed by atoms with Gasteiger partial charge in [-0.05, 0) is 18.6 Å². The van der Waals surface area contributed by atoms with Crippen molar-refractivity contribution < 1.29 is 14.3 Å². The van der Waals surface area contributed by atoms with Gasteiger partial charge in [0.2, 0.25) is 0 Å². The maximum absolute atomic E-state index is 12.2. The van der Waals surface area contributed by atoms with Crippen LogP contribution >= 0.6 is 0 Å². The van der Waals surface area contributed by atoms with Crippen molar-refractivity contribution >= 4 is 16.9 Å². The normalized spacial score (nSPS) is 19.6. The molecule has 2 aromatic rings. The number of nitrogens with zero attached hydrogens (tertiary/aromatic N) is 1. The number of para-hydroxylation sites is 1. The van der Waals surface area contributed by atoms with Crippen LogP contribution in [-0.4, -0.2) is 35.6 Å². The fourth-order valence-corrected chi connectivity index (χ4v) is 2.41. The van der Waals surface area contributed by atoms with E-state index in [9.17, 15) is 4.79 Å². The molecule has 1 N–H and O–H groups in total. The second-order valence-corrected chi connectivity index (χ2v) is 4.74. The minimum Gasteiger partial charge on any atom is -0.451 e. The molecule has 1 aromatic heterocycles. The first-order valence-electron chi connectivity index (χ1n) is 6.16. The summed E-state index contributed by atoms with van der Waals surface area (Å²) in [6.07, 6.45) is 0.864. The number of hydrogen-bond donors (Lipinski definition) is 1. The van der Waals surface area contributed by atoms with Crippen LogP contribution in [0.25, 0.3) is 11.0 Å². The summed E-state index contributed by atoms with van der Waals surface area (Å²) in [5.74, 6) is 0.510. The van der Waals surface area contributed by atoms with Crippen LogP contribution in [0.1, 0.15) is 17.0 Å². The fraction of sp³-hybridized carbons (Fsp3) is 0.357. The molecule has 1 amide bonds. The second-order valence-electron chi connectivity index (χ2n) is 4.74. The predicted molar refractivity (Wildman–Crippen MR) is 67.3 cm³/mol. The summed E-state index contributed by atoms with van der Waals surface area (Å²) in [6.45, 7) is 1.46. The number of carbonyl (C=O) groups is 1. The van der Waals surface area contributed by atoms with Gasteiger partial charge in [-0.15, -0.1) is 0 Å². The van der Waals surface area contributed by atoms with Crippen molar-refractivity contribution in [3.05, 3.63) is 36.1 Å². The van der Waals surface area contributed by atoms with E-state index in [2.05, 4.69) is 0 Å². The van der Waals surface area contributed by atoms with Crippen LogP contribution in [0.5, 0.6) is 0 Å². The number of rotatable bonds is 2. The number of amides is 1. The van der Waals surface area contributed by atoms with Crippen molar-refractivity contribution in [2.24, 2.45) is 5.92 Å². The van der Waals surface area contributed by atoms with Gasteiger partial charge in [-0.1, -0.05) is 18.2 Å². The Morgan fingerprint density at radius 1 is 1.44 bits per heavy atom. The lowest BCUT2D eigenvalue weighted by molar-refractivity contribution is 0.0752. The van der Waals surface area contributed by atoms with E-state index in [4.69, 9.17) is 9.52 Å². The molecule has 18 heavy (non-hydrogen) atoms. The molecule has 1 fully saturated rings. The molecule has 4 nitrogen and oxygen atoms in total. The van der Waals surface area contributed by atoms with Crippen LogP contribution in [0.15, 0.2) is 34.7 Å². The first-order chi connectivity index (χ1) is 8.78. The van der Waals surface area contributed by atoms with E-state index in [0.717, 1.165) is 17.4 Å². The molecular weight excluding hydrogens is 230 g/mol. The third-order valence-corrected chi connectivity index (χ3v) is 3.47. The lowest BCUT2D eigenvalue weighted by Crippen LogP contribution is -2.28. The third kappa shape index (κ3) is 1.88. The molecule has 0 aliphatic carbocycles. The maximum atomic E-state index is 12.2. The maximum Gasteiger partial charge on any atom is 0.289 e. The van der Waals surface area contributed by atoms with Gasteiger partial charge in [0, 0.05) is 31.0 Å². The van der Waals surface area contributed by atoms with Crippen molar-refractivity contribution in [3.8, 4) is 0 Å². The zero-order valence-corrected chi connectivity index (χ0v) is 10.0. The lowest BCUT2D eigenvalue weighted by atomic mass is 10.1. The molecule has 4 heteroatoms. The lowest BCUT2D eigenvalue weighted by Gasteiger charge is -2.13. The highest BCUT2D eigenvalue weighted by Crippen LogP contribution is 2.23. The van der Waals surface area contributed by atoms with Crippen molar-refractivity contribution in [1.29, 1.82) is 0 Å². The molecule has 3 rings (SSSR count). The number of aliphatic hydroxyl groups excluding tert-OH is 1. The van der Waals surface area contributed by atoms with Crippen LogP contribution in [0.2, 0.25) is 0 Å². The van der Waals surface area contributed by atoms with E-state index in [-0.39, 0.29) is 18.4 Å². The number of hydrogen-bond acceptors (Lipinski definition) is 3. The van der Waals surface area contributed by atoms with Crippen LogP contribution in [0.4, 0.5) is 0 Å². The Balaban J connectivity index is 1.84. The van der Waals surface area contributed by atoms with Crippen molar-refractivity contribution in [1.82, 2.24) is 4.90 Å². The highest BCUT2D eigenvalue weighted by atomic mass is 16.3. The van der Waals surface area contributed by atoms with E-state index in [1.165, 1.54) is 0 Å². The topological polar surface area (TPSA) is 53.7 Å². The molecule has 1 atom stereocenters. The standard InChI is InChI=1S/C14H15NO3/c16-9-10-5-6-15(8-10)14(17)13-7-11-3-1-2-4-12(11)18-13/h1-4,7,10,16H,5-6,8-9H2. The summed E-state index contributed by atoms with van der Waals surface area (Å²) in [6, 6.07) is 9.37. The SMILES string of the molecule is O=C(c1cc2ccccc2o1)N1CCC(CO)C1. The zero-order valence-electron chi connectivity index (χ0n) is 10.0. The molecule has 1 unspecified atom stereocenters. The molecular formula is C14H15NO3. The minimum atomic E-state index is -0.0813. The quantitative estimate of drug-likeness (QED) is 0.879. The Hall–Kier alpha value is -1.81. The molecule has 0 radical (unpaired) electrons. The highest BCUT2D eigenvalue weighted by Gasteiger charge is 2.28. The molecule has 0 saturated carbocycles. The Labute approximate surface area is 105 Å². The Kier molecular flexibility index (Phi) is 2.80. The molecule has 1 aliphatic rings. The van der Waals surface area contributed by atoms with Crippen molar-refractivity contribution in [2.75, 3.05) is 19.7 Å². The number of likely N-dealkylation sites (tertiary alicyclic amines) is 1. The molecule has 1 aliphatic heterocycles. The van der Waals surface area contributed by atoms with Crippen molar-refractivity contribution in [3.63, 3.8) is 0 Å². The summed E-state index contributed by atoms with van der Waals surface area (Å²) in [5.41, 5.74) is 0.735. The number of benzene rings is 1. The van der Waals surface area contributed by atoms with E-state index in [1.54, 1.807) is 11.0 Å². The van der Waals surface area contributed by atoms with E-state index in [1.807, 2.05) is 24.3 Å². The van der Waals surface area contributed by atoms with Gasteiger partial charge in [-0.2, -0.15) is 0 Å². The molecule has 1 saturated heterocycles. The van der Waals surface area contributed by atoms with Gasteiger partial charge >= 0.3 is 0 Å². The largest absolute Gasteiger partial charge is 0.451 e. The summed E-state index contributed by atoms with van der Waals surface area (Å²) in [7, 11) is 0. The van der Waals surface area contributed by atoms with E-state index in [0.29, 0.717) is 18.8 Å². The molecule has 0 bridgehead atoms. The Bertz CT molecular complexity index is 542. The molecule has 94 valence electrons. The summed E-state index contributed by atoms with van der Waals surface area (Å²) < 4.78 is 5.56. The fourth-order valence-electron chi connectivity index (χ4n) is 2.41. The summed E-state index contributed by atoms with van der Waals surface area (Å²) in [4.78, 5) is 14.0. The average Bonchev–Trinajstić information content (AvgIpc) is 3.04. The first kappa shape index (κ1) is 11.3. The average molecular weight is 245 g/mol. The van der Waals surface area contributed by atoms with Gasteiger partial charge in [0.25, 0.3) is 5.91 Å². The van der Waals surface area contributed by atoms with Gasteiger partial charge in [-0.3, -0.25) is 4.79 Å². The van der Waals surface area contributed by atoms with Gasteiger partial charge in [-0.25, -0.2) is 0 Å². The highest BCUT2D eigenvalue weighted by molar-refractivity contribution is 5.96. The van der Waals surface area contributed by atoms with E-state index >= 15 is 0 Å². The van der Waals surface area contributed by atoms with E-state index < -0.39 is 0 Å². The number of furan rings is 1. The van der Waals surface area contributed by atoms with Gasteiger partial charge in [0.05, 0.1) is 0 Å². The Morgan fingerprint density at radius 2 is 2.28 bits per heavy atom. The number of fused-ring (bicyclic) bond motifs is 1. The first-order valence-corrected chi connectivity index (χ1v) is 6.16. The predicted octanol–water partition coefficient (Wildman–Crippen LogP) is 1.89. The summed E-state index contributed by atoms with van der Waals surface area (Å²) >= 11 is 0. The summed E-state index contributed by atoms with van der Waals surface area (Å²) in [5, 5.41) is 10.0. The smallest absolute Gasteiger partial charge is 0.289 e. The monoisotopic (exact) mass is 245 g/mol. The van der Waals surface area contributed by atoms with Gasteiger partial charge in [0.15, 0.2) is 5.76 Å². The van der Waals surface area contributed by atoms with Gasteiger partial charge < -0.3 is 14.4 Å². The van der Waals surface area contributed by atoms with Crippen LogP contribution in [-0.2, 0) is 0 Å². The van der Waals surface area contributed by atoms with Crippen LogP contribution in [0.3, 0.4) is 0 Å². The third-order valence-electron chi connectivity index (χ3n) is 3.47. The second kappa shape index (κ2) is 4.46. The van der Waals surface area contributed by atoms with Crippen molar-refractivity contribution in [2.45, 2.75) is 6.42 Å². The van der Waals surface area contributed by atoms with Gasteiger partial charge in [0.1, 0.15) is 5.58 Å².